The Morgan fingerprint density at radius 1 is 0.295 bits per heavy atom. The van der Waals surface area contributed by atoms with Crippen molar-refractivity contribution in [2.24, 2.45) is 0 Å². The monoisotopic (exact) mass is 561 g/mol. The fourth-order valence-electron chi connectivity index (χ4n) is 6.16. The SMILES string of the molecule is c1ccc(-c2ccc3c(-c4ccc(-c5ccccn5)cc4)c4ccccc4c(-c4ccc(-c5ccccn5)nc4)c3c2)cc1. The molecule has 3 aromatic heterocycles. The van der Waals surface area contributed by atoms with Crippen LogP contribution < -0.4 is 0 Å². The predicted octanol–water partition coefficient (Wildman–Crippen LogP) is 10.5. The first-order valence-corrected chi connectivity index (χ1v) is 14.8. The van der Waals surface area contributed by atoms with E-state index in [2.05, 4.69) is 119 Å². The highest BCUT2D eigenvalue weighted by Gasteiger charge is 2.18. The van der Waals surface area contributed by atoms with Crippen molar-refractivity contribution in [3.05, 3.63) is 164 Å². The molecule has 0 aliphatic heterocycles. The molecule has 3 heterocycles. The zero-order valence-electron chi connectivity index (χ0n) is 23.9. The highest BCUT2D eigenvalue weighted by Crippen LogP contribution is 2.45. The van der Waals surface area contributed by atoms with E-state index in [0.717, 1.165) is 28.2 Å². The summed E-state index contributed by atoms with van der Waals surface area (Å²) >= 11 is 0. The van der Waals surface area contributed by atoms with E-state index in [9.17, 15) is 0 Å². The van der Waals surface area contributed by atoms with Gasteiger partial charge in [-0.15, -0.1) is 0 Å². The van der Waals surface area contributed by atoms with E-state index in [-0.39, 0.29) is 0 Å². The van der Waals surface area contributed by atoms with Gasteiger partial charge in [0.1, 0.15) is 0 Å². The fourth-order valence-corrected chi connectivity index (χ4v) is 6.16. The van der Waals surface area contributed by atoms with Crippen molar-refractivity contribution in [3.8, 4) is 56.0 Å². The third-order valence-corrected chi connectivity index (χ3v) is 8.24. The van der Waals surface area contributed by atoms with E-state index >= 15 is 0 Å². The molecule has 3 heteroatoms. The summed E-state index contributed by atoms with van der Waals surface area (Å²) in [5.41, 5.74) is 10.8. The lowest BCUT2D eigenvalue weighted by Gasteiger charge is -2.19. The number of rotatable bonds is 5. The maximum atomic E-state index is 4.87. The maximum Gasteiger partial charge on any atom is 0.0886 e. The average molecular weight is 562 g/mol. The second-order valence-electron chi connectivity index (χ2n) is 10.9. The minimum absolute atomic E-state index is 0.859. The van der Waals surface area contributed by atoms with Crippen molar-refractivity contribution in [1.82, 2.24) is 15.0 Å². The van der Waals surface area contributed by atoms with Crippen LogP contribution in [0.2, 0.25) is 0 Å². The van der Waals surface area contributed by atoms with Crippen molar-refractivity contribution < 1.29 is 0 Å². The number of hydrogen-bond donors (Lipinski definition) is 0. The van der Waals surface area contributed by atoms with Gasteiger partial charge < -0.3 is 0 Å². The van der Waals surface area contributed by atoms with E-state index < -0.39 is 0 Å². The van der Waals surface area contributed by atoms with Gasteiger partial charge in [-0.05, 0) is 85.8 Å². The van der Waals surface area contributed by atoms with Gasteiger partial charge in [0, 0.05) is 29.7 Å². The summed E-state index contributed by atoms with van der Waals surface area (Å²) in [5.74, 6) is 0. The summed E-state index contributed by atoms with van der Waals surface area (Å²) in [6.45, 7) is 0. The Morgan fingerprint density at radius 2 is 0.841 bits per heavy atom. The van der Waals surface area contributed by atoms with Gasteiger partial charge in [-0.3, -0.25) is 15.0 Å². The third-order valence-electron chi connectivity index (χ3n) is 8.24. The largest absolute Gasteiger partial charge is 0.256 e. The molecule has 0 radical (unpaired) electrons. The van der Waals surface area contributed by atoms with Crippen molar-refractivity contribution in [2.45, 2.75) is 0 Å². The molecule has 8 aromatic rings. The molecule has 0 amide bonds. The summed E-state index contributed by atoms with van der Waals surface area (Å²) in [4.78, 5) is 13.9. The van der Waals surface area contributed by atoms with Crippen molar-refractivity contribution in [3.63, 3.8) is 0 Å². The Kier molecular flexibility index (Phi) is 6.47. The van der Waals surface area contributed by atoms with Crippen LogP contribution in [0.1, 0.15) is 0 Å². The van der Waals surface area contributed by atoms with E-state index in [0.29, 0.717) is 0 Å². The number of nitrogens with zero attached hydrogens (tertiary/aromatic N) is 3. The first-order valence-electron chi connectivity index (χ1n) is 14.8. The molecule has 0 bridgehead atoms. The maximum absolute atomic E-state index is 4.87. The molecule has 0 fully saturated rings. The van der Waals surface area contributed by atoms with Crippen LogP contribution in [0.4, 0.5) is 0 Å². The third kappa shape index (κ3) is 4.61. The smallest absolute Gasteiger partial charge is 0.0886 e. The molecule has 44 heavy (non-hydrogen) atoms. The van der Waals surface area contributed by atoms with Crippen molar-refractivity contribution in [2.75, 3.05) is 0 Å². The van der Waals surface area contributed by atoms with Crippen LogP contribution in [0.25, 0.3) is 77.6 Å². The lowest BCUT2D eigenvalue weighted by Crippen LogP contribution is -1.93. The zero-order chi connectivity index (χ0) is 29.3. The standard InChI is InChI=1S/C41H27N3/c1-2-10-28(11-3-1)31-20-22-35-36(26-31)41(32-21-23-39(44-27-32)38-15-7-9-25-43-38)34-13-5-4-12-33(34)40(35)30-18-16-29(17-19-30)37-14-6-8-24-42-37/h1-27H. The Labute approximate surface area is 256 Å². The highest BCUT2D eigenvalue weighted by molar-refractivity contribution is 6.22. The number of aromatic nitrogens is 3. The molecule has 0 aliphatic carbocycles. The van der Waals surface area contributed by atoms with Gasteiger partial charge >= 0.3 is 0 Å². The quantitative estimate of drug-likeness (QED) is 0.196. The molecule has 0 aliphatic rings. The summed E-state index contributed by atoms with van der Waals surface area (Å²) in [5, 5.41) is 4.81. The van der Waals surface area contributed by atoms with Crippen LogP contribution in [0, 0.1) is 0 Å². The van der Waals surface area contributed by atoms with Crippen LogP contribution in [0.3, 0.4) is 0 Å². The van der Waals surface area contributed by atoms with Gasteiger partial charge in [-0.1, -0.05) is 109 Å². The average Bonchev–Trinajstić information content (AvgIpc) is 3.12. The molecule has 0 N–H and O–H groups in total. The summed E-state index contributed by atoms with van der Waals surface area (Å²) in [6, 6.07) is 51.1. The van der Waals surface area contributed by atoms with Crippen LogP contribution >= 0.6 is 0 Å². The van der Waals surface area contributed by atoms with Gasteiger partial charge in [0.2, 0.25) is 0 Å². The second-order valence-corrected chi connectivity index (χ2v) is 10.9. The van der Waals surface area contributed by atoms with Crippen molar-refractivity contribution in [1.29, 1.82) is 0 Å². The Hall–Kier alpha value is -5.93. The van der Waals surface area contributed by atoms with Crippen LogP contribution in [0.5, 0.6) is 0 Å². The first kappa shape index (κ1) is 25.8. The highest BCUT2D eigenvalue weighted by atomic mass is 14.8. The number of fused-ring (bicyclic) bond motifs is 2. The Balaban J connectivity index is 1.38. The van der Waals surface area contributed by atoms with Gasteiger partial charge in [0.25, 0.3) is 0 Å². The minimum Gasteiger partial charge on any atom is -0.256 e. The van der Waals surface area contributed by atoms with E-state index in [1.165, 1.54) is 49.4 Å². The first-order chi connectivity index (χ1) is 21.8. The normalized spacial score (nSPS) is 11.2. The van der Waals surface area contributed by atoms with Crippen LogP contribution in [0.15, 0.2) is 164 Å². The number of hydrogen-bond acceptors (Lipinski definition) is 3. The second kappa shape index (κ2) is 11.0. The molecule has 0 saturated carbocycles. The molecular weight excluding hydrogens is 534 g/mol. The molecule has 3 nitrogen and oxygen atoms in total. The zero-order valence-corrected chi connectivity index (χ0v) is 23.9. The molecule has 0 atom stereocenters. The van der Waals surface area contributed by atoms with Gasteiger partial charge in [-0.2, -0.15) is 0 Å². The molecule has 5 aromatic carbocycles. The molecule has 8 rings (SSSR count). The predicted molar refractivity (Wildman–Crippen MR) is 182 cm³/mol. The summed E-state index contributed by atoms with van der Waals surface area (Å²) in [7, 11) is 0. The van der Waals surface area contributed by atoms with Crippen LogP contribution in [-0.2, 0) is 0 Å². The molecule has 0 spiro atoms. The number of benzene rings is 5. The summed E-state index contributed by atoms with van der Waals surface area (Å²) < 4.78 is 0. The van der Waals surface area contributed by atoms with Crippen LogP contribution in [-0.4, -0.2) is 15.0 Å². The van der Waals surface area contributed by atoms with Gasteiger partial charge in [0.15, 0.2) is 0 Å². The van der Waals surface area contributed by atoms with E-state index in [1.54, 1.807) is 6.20 Å². The Bertz CT molecular complexity index is 2230. The molecule has 0 unspecified atom stereocenters. The Morgan fingerprint density at radius 3 is 1.50 bits per heavy atom. The fraction of sp³-hybridized carbons (Fsp3) is 0. The molecular formula is C41H27N3. The lowest BCUT2D eigenvalue weighted by atomic mass is 9.85. The van der Waals surface area contributed by atoms with Crippen molar-refractivity contribution >= 4 is 21.5 Å². The molecule has 206 valence electrons. The minimum atomic E-state index is 0.859. The van der Waals surface area contributed by atoms with E-state index in [4.69, 9.17) is 4.98 Å². The topological polar surface area (TPSA) is 38.7 Å². The number of pyridine rings is 3. The van der Waals surface area contributed by atoms with E-state index in [1.807, 2.05) is 48.8 Å². The summed E-state index contributed by atoms with van der Waals surface area (Å²) in [6.07, 6.45) is 5.63. The van der Waals surface area contributed by atoms with Gasteiger partial charge in [-0.25, -0.2) is 0 Å². The van der Waals surface area contributed by atoms with Gasteiger partial charge in [0.05, 0.1) is 17.1 Å². The lowest BCUT2D eigenvalue weighted by molar-refractivity contribution is 1.25. The molecule has 0 saturated heterocycles.